The zero-order valence-corrected chi connectivity index (χ0v) is 34.7. The third-order valence-corrected chi connectivity index (χ3v) is 14.8. The van der Waals surface area contributed by atoms with E-state index in [9.17, 15) is 0 Å². The van der Waals surface area contributed by atoms with E-state index in [2.05, 4.69) is 212 Å². The molecule has 1 spiro atoms. The summed E-state index contributed by atoms with van der Waals surface area (Å²) in [4.78, 5) is 0. The Morgan fingerprint density at radius 3 is 1.41 bits per heavy atom. The third kappa shape index (κ3) is 4.24. The molecule has 294 valence electrons. The summed E-state index contributed by atoms with van der Waals surface area (Å²) >= 11 is 0. The van der Waals surface area contributed by atoms with Gasteiger partial charge < -0.3 is 4.42 Å². The summed E-state index contributed by atoms with van der Waals surface area (Å²) in [5, 5.41) is 15.0. The highest BCUT2D eigenvalue weighted by molar-refractivity contribution is 6.25. The Morgan fingerprint density at radius 1 is 0.266 bits per heavy atom. The molecule has 0 N–H and O–H groups in total. The van der Waals surface area contributed by atoms with E-state index in [0.29, 0.717) is 0 Å². The molecule has 1 heteroatoms. The van der Waals surface area contributed by atoms with E-state index >= 15 is 0 Å². The predicted molar refractivity (Wildman–Crippen MR) is 268 cm³/mol. The minimum Gasteiger partial charge on any atom is -0.456 e. The molecule has 1 aromatic heterocycles. The molecule has 64 heavy (non-hydrogen) atoms. The average Bonchev–Trinajstić information content (AvgIpc) is 4.00. The molecule has 2 aliphatic carbocycles. The molecule has 15 rings (SSSR count). The van der Waals surface area contributed by atoms with Crippen LogP contribution in [0, 0.1) is 0 Å². The lowest BCUT2D eigenvalue weighted by Crippen LogP contribution is -2.26. The van der Waals surface area contributed by atoms with Crippen LogP contribution >= 0.6 is 0 Å². The molecular formula is C63H36O. The first-order valence-electron chi connectivity index (χ1n) is 22.3. The van der Waals surface area contributed by atoms with Crippen molar-refractivity contribution in [2.45, 2.75) is 5.41 Å². The van der Waals surface area contributed by atoms with Crippen LogP contribution in [0.1, 0.15) is 22.3 Å². The van der Waals surface area contributed by atoms with E-state index in [-0.39, 0.29) is 0 Å². The first-order chi connectivity index (χ1) is 31.8. The molecule has 13 aromatic rings. The van der Waals surface area contributed by atoms with Gasteiger partial charge in [-0.3, -0.25) is 0 Å². The monoisotopic (exact) mass is 808 g/mol. The fraction of sp³-hybridized carbons (Fsp3) is 0.0159. The molecule has 0 amide bonds. The summed E-state index contributed by atoms with van der Waals surface area (Å²) < 4.78 is 6.29. The first-order valence-corrected chi connectivity index (χ1v) is 22.3. The maximum Gasteiger partial charge on any atom is 0.135 e. The number of rotatable bonds is 2. The Kier molecular flexibility index (Phi) is 6.67. The summed E-state index contributed by atoms with van der Waals surface area (Å²) in [5.41, 5.74) is 17.1. The molecule has 12 aromatic carbocycles. The Balaban J connectivity index is 1.06. The Bertz CT molecular complexity index is 4100. The smallest absolute Gasteiger partial charge is 0.135 e. The highest BCUT2D eigenvalue weighted by Gasteiger charge is 2.53. The molecule has 0 radical (unpaired) electrons. The zero-order chi connectivity index (χ0) is 41.7. The van der Waals surface area contributed by atoms with Crippen molar-refractivity contribution in [2.24, 2.45) is 0 Å². The molecule has 0 unspecified atom stereocenters. The van der Waals surface area contributed by atoms with Crippen LogP contribution in [0.15, 0.2) is 223 Å². The molecule has 0 aliphatic heterocycles. The van der Waals surface area contributed by atoms with E-state index in [4.69, 9.17) is 4.42 Å². The van der Waals surface area contributed by atoms with Gasteiger partial charge in [-0.1, -0.05) is 194 Å². The number of hydrogen-bond donors (Lipinski definition) is 0. The zero-order valence-electron chi connectivity index (χ0n) is 34.7. The van der Waals surface area contributed by atoms with Crippen LogP contribution in [-0.2, 0) is 5.41 Å². The second kappa shape index (κ2) is 12.4. The van der Waals surface area contributed by atoms with Gasteiger partial charge in [-0.05, 0) is 145 Å². The van der Waals surface area contributed by atoms with Gasteiger partial charge in [0, 0.05) is 10.8 Å². The topological polar surface area (TPSA) is 13.1 Å². The second-order valence-electron chi connectivity index (χ2n) is 17.8. The minimum atomic E-state index is -0.509. The summed E-state index contributed by atoms with van der Waals surface area (Å²) in [7, 11) is 0. The van der Waals surface area contributed by atoms with Crippen molar-refractivity contribution in [2.75, 3.05) is 0 Å². The van der Waals surface area contributed by atoms with Gasteiger partial charge in [-0.15, -0.1) is 0 Å². The van der Waals surface area contributed by atoms with E-state index in [1.807, 2.05) is 6.07 Å². The molecule has 0 fully saturated rings. The lowest BCUT2D eigenvalue weighted by Gasteiger charge is -2.32. The molecule has 2 aliphatic rings. The average molecular weight is 809 g/mol. The van der Waals surface area contributed by atoms with Crippen LogP contribution in [0.3, 0.4) is 0 Å². The van der Waals surface area contributed by atoms with Gasteiger partial charge in [0.2, 0.25) is 0 Å². The van der Waals surface area contributed by atoms with Crippen LogP contribution < -0.4 is 0 Å². The predicted octanol–water partition coefficient (Wildman–Crippen LogP) is 17.0. The van der Waals surface area contributed by atoms with Gasteiger partial charge in [-0.25, -0.2) is 0 Å². The number of furan rings is 1. The normalized spacial score (nSPS) is 13.4. The van der Waals surface area contributed by atoms with Crippen LogP contribution in [0.4, 0.5) is 0 Å². The quantitative estimate of drug-likeness (QED) is 0.125. The van der Waals surface area contributed by atoms with E-state index in [1.165, 1.54) is 121 Å². The number of para-hydroxylation sites is 1. The van der Waals surface area contributed by atoms with Gasteiger partial charge in [0.1, 0.15) is 11.2 Å². The van der Waals surface area contributed by atoms with Crippen LogP contribution in [-0.4, -0.2) is 0 Å². The van der Waals surface area contributed by atoms with Gasteiger partial charge in [0.15, 0.2) is 0 Å². The van der Waals surface area contributed by atoms with Gasteiger partial charge in [-0.2, -0.15) is 0 Å². The van der Waals surface area contributed by atoms with Crippen molar-refractivity contribution >= 4 is 75.8 Å². The molecule has 0 saturated carbocycles. The molecule has 0 bridgehead atoms. The highest BCUT2D eigenvalue weighted by Crippen LogP contribution is 2.66. The molecule has 0 saturated heterocycles. The van der Waals surface area contributed by atoms with Crippen molar-refractivity contribution in [1.29, 1.82) is 0 Å². The summed E-state index contributed by atoms with van der Waals surface area (Å²) in [5.74, 6) is 0. The summed E-state index contributed by atoms with van der Waals surface area (Å²) in [6.45, 7) is 0. The van der Waals surface area contributed by atoms with Gasteiger partial charge >= 0.3 is 0 Å². The lowest BCUT2D eigenvalue weighted by atomic mass is 9.68. The number of benzene rings is 12. The fourth-order valence-electron chi connectivity index (χ4n) is 12.4. The summed E-state index contributed by atoms with van der Waals surface area (Å²) in [6, 6.07) is 81.7. The first kappa shape index (κ1) is 34.3. The second-order valence-corrected chi connectivity index (χ2v) is 17.8. The minimum absolute atomic E-state index is 0.509. The van der Waals surface area contributed by atoms with Crippen molar-refractivity contribution in [3.05, 3.63) is 241 Å². The van der Waals surface area contributed by atoms with Crippen molar-refractivity contribution in [3.8, 4) is 44.5 Å². The van der Waals surface area contributed by atoms with Crippen LogP contribution in [0.25, 0.3) is 120 Å². The lowest BCUT2D eigenvalue weighted by molar-refractivity contribution is 0.669. The van der Waals surface area contributed by atoms with Crippen LogP contribution in [0.5, 0.6) is 0 Å². The molecular weight excluding hydrogens is 773 g/mol. The van der Waals surface area contributed by atoms with Crippen molar-refractivity contribution in [3.63, 3.8) is 0 Å². The Hall–Kier alpha value is -8.26. The fourth-order valence-corrected chi connectivity index (χ4v) is 12.4. The number of hydrogen-bond acceptors (Lipinski definition) is 1. The molecule has 1 heterocycles. The maximum atomic E-state index is 6.29. The Morgan fingerprint density at radius 2 is 0.750 bits per heavy atom. The number of fused-ring (bicyclic) bond motifs is 22. The standard InChI is InChI=1S/C63H36O/c1-2-16-40-37(15-1)29-33-51-60-45-21-4-3-17-41(45)52-35-38(30-32-50(52)62(60)63(61(40)51)54-26-12-9-18-42(54)43-19-10-13-27-55(43)63)58-46-22-5-7-24-48(46)59(49-25-8-6-23-47(49)58)39-31-34-57-53(36-39)44-20-11-14-28-56(44)64-57/h1-36H. The maximum absolute atomic E-state index is 6.29. The van der Waals surface area contributed by atoms with Crippen molar-refractivity contribution < 1.29 is 4.42 Å². The van der Waals surface area contributed by atoms with E-state index in [1.54, 1.807) is 0 Å². The summed E-state index contributed by atoms with van der Waals surface area (Å²) in [6.07, 6.45) is 0. The SMILES string of the molecule is c1ccc2c(c1)-c1ccccc1C21c2c(ccc3ccccc23)-c2c1c1ccc(-c3c4ccccc4c(-c4ccc5oc6ccccc6c5c4)c4ccccc34)cc1c1ccccc21. The van der Waals surface area contributed by atoms with E-state index in [0.717, 1.165) is 21.9 Å². The van der Waals surface area contributed by atoms with Crippen LogP contribution in [0.2, 0.25) is 0 Å². The van der Waals surface area contributed by atoms with Gasteiger partial charge in [0.25, 0.3) is 0 Å². The Labute approximate surface area is 369 Å². The van der Waals surface area contributed by atoms with E-state index < -0.39 is 5.41 Å². The molecule has 1 nitrogen and oxygen atoms in total. The van der Waals surface area contributed by atoms with Crippen molar-refractivity contribution in [1.82, 2.24) is 0 Å². The van der Waals surface area contributed by atoms with Gasteiger partial charge in [0.05, 0.1) is 5.41 Å². The third-order valence-electron chi connectivity index (χ3n) is 14.8. The largest absolute Gasteiger partial charge is 0.456 e. The highest BCUT2D eigenvalue weighted by atomic mass is 16.3. The molecule has 0 atom stereocenters.